The lowest BCUT2D eigenvalue weighted by Gasteiger charge is -2.08. The van der Waals surface area contributed by atoms with Crippen molar-refractivity contribution in [3.05, 3.63) is 77.7 Å². The molecule has 0 saturated heterocycles. The van der Waals surface area contributed by atoms with E-state index in [9.17, 15) is 4.79 Å². The number of aromatic nitrogens is 2. The van der Waals surface area contributed by atoms with Crippen molar-refractivity contribution in [2.24, 2.45) is 0 Å². The average Bonchev–Trinajstić information content (AvgIpc) is 2.64. The topological polar surface area (TPSA) is 90.7 Å². The molecular formula is C19H15N5O. The molecule has 0 aliphatic carbocycles. The molecule has 6 heteroatoms. The van der Waals surface area contributed by atoms with E-state index in [0.29, 0.717) is 17.1 Å². The van der Waals surface area contributed by atoms with E-state index in [1.165, 1.54) is 6.33 Å². The number of rotatable bonds is 4. The van der Waals surface area contributed by atoms with Gasteiger partial charge in [-0.2, -0.15) is 5.26 Å². The Hall–Kier alpha value is -3.72. The molecule has 122 valence electrons. The maximum atomic E-state index is 12.3. The molecule has 3 aromatic rings. The lowest BCUT2D eigenvalue weighted by Crippen LogP contribution is -2.14. The van der Waals surface area contributed by atoms with Gasteiger partial charge in [0.1, 0.15) is 17.8 Å². The number of hydrogen-bond acceptors (Lipinski definition) is 5. The molecule has 0 unspecified atom stereocenters. The number of carbonyl (C=O) groups excluding carboxylic acids is 1. The number of nitrogens with zero attached hydrogens (tertiary/aromatic N) is 3. The predicted molar refractivity (Wildman–Crippen MR) is 95.6 cm³/mol. The first-order valence-corrected chi connectivity index (χ1v) is 7.61. The largest absolute Gasteiger partial charge is 0.340 e. The van der Waals surface area contributed by atoms with Gasteiger partial charge in [-0.05, 0) is 43.3 Å². The average molecular weight is 329 g/mol. The van der Waals surface area contributed by atoms with Crippen LogP contribution in [-0.4, -0.2) is 15.9 Å². The van der Waals surface area contributed by atoms with Crippen molar-refractivity contribution in [1.29, 1.82) is 5.26 Å². The van der Waals surface area contributed by atoms with Gasteiger partial charge in [0.2, 0.25) is 0 Å². The molecular weight excluding hydrogens is 314 g/mol. The zero-order chi connectivity index (χ0) is 17.6. The van der Waals surface area contributed by atoms with E-state index in [1.54, 1.807) is 30.3 Å². The van der Waals surface area contributed by atoms with Crippen molar-refractivity contribution in [2.75, 3.05) is 10.6 Å². The van der Waals surface area contributed by atoms with Crippen LogP contribution in [0, 0.1) is 18.3 Å². The summed E-state index contributed by atoms with van der Waals surface area (Å²) in [6.07, 6.45) is 1.33. The van der Waals surface area contributed by atoms with Gasteiger partial charge in [-0.25, -0.2) is 9.97 Å². The summed E-state index contributed by atoms with van der Waals surface area (Å²) in [6.45, 7) is 1.98. The highest BCUT2D eigenvalue weighted by Gasteiger charge is 2.09. The fraction of sp³-hybridized carbons (Fsp3) is 0.0526. The Balaban J connectivity index is 1.72. The van der Waals surface area contributed by atoms with Gasteiger partial charge in [0.05, 0.1) is 11.6 Å². The van der Waals surface area contributed by atoms with Crippen LogP contribution in [0.15, 0.2) is 60.9 Å². The van der Waals surface area contributed by atoms with Crippen LogP contribution in [0.1, 0.15) is 21.6 Å². The summed E-state index contributed by atoms with van der Waals surface area (Å²) in [5, 5.41) is 14.7. The fourth-order valence-electron chi connectivity index (χ4n) is 2.16. The molecule has 0 saturated carbocycles. The second-order valence-corrected chi connectivity index (χ2v) is 5.42. The van der Waals surface area contributed by atoms with Crippen LogP contribution in [0.3, 0.4) is 0 Å². The maximum absolute atomic E-state index is 12.3. The van der Waals surface area contributed by atoms with Crippen molar-refractivity contribution >= 4 is 23.1 Å². The second-order valence-electron chi connectivity index (χ2n) is 5.42. The van der Waals surface area contributed by atoms with Crippen LogP contribution in [0.2, 0.25) is 0 Å². The standard InChI is InChI=1S/C19H15N5O/c1-13-2-6-16(7-3-13)24-19(25)17-10-18(22-12-21-17)23-15-8-4-14(11-20)5-9-15/h2-10,12H,1H3,(H,24,25)(H,21,22,23). The molecule has 1 aromatic heterocycles. The lowest BCUT2D eigenvalue weighted by molar-refractivity contribution is 0.102. The molecule has 1 amide bonds. The molecule has 6 nitrogen and oxygen atoms in total. The minimum absolute atomic E-state index is 0.256. The minimum Gasteiger partial charge on any atom is -0.340 e. The smallest absolute Gasteiger partial charge is 0.274 e. The Morgan fingerprint density at radius 2 is 1.68 bits per heavy atom. The van der Waals surface area contributed by atoms with Gasteiger partial charge in [0.15, 0.2) is 0 Å². The van der Waals surface area contributed by atoms with Crippen LogP contribution >= 0.6 is 0 Å². The zero-order valence-corrected chi connectivity index (χ0v) is 13.5. The first-order valence-electron chi connectivity index (χ1n) is 7.61. The van der Waals surface area contributed by atoms with Crippen LogP contribution in [0.5, 0.6) is 0 Å². The van der Waals surface area contributed by atoms with Crippen molar-refractivity contribution in [2.45, 2.75) is 6.92 Å². The summed E-state index contributed by atoms with van der Waals surface area (Å²) in [5.74, 6) is 0.183. The molecule has 3 rings (SSSR count). The van der Waals surface area contributed by atoms with E-state index in [4.69, 9.17) is 5.26 Å². The number of benzene rings is 2. The minimum atomic E-state index is -0.311. The van der Waals surface area contributed by atoms with E-state index in [2.05, 4.69) is 26.7 Å². The van der Waals surface area contributed by atoms with Gasteiger partial charge in [-0.3, -0.25) is 4.79 Å². The first-order chi connectivity index (χ1) is 12.1. The third kappa shape index (κ3) is 4.18. The van der Waals surface area contributed by atoms with E-state index in [0.717, 1.165) is 11.3 Å². The Labute approximate surface area is 145 Å². The van der Waals surface area contributed by atoms with Gasteiger partial charge in [0.25, 0.3) is 5.91 Å². The summed E-state index contributed by atoms with van der Waals surface area (Å²) >= 11 is 0. The van der Waals surface area contributed by atoms with E-state index in [-0.39, 0.29) is 11.6 Å². The zero-order valence-electron chi connectivity index (χ0n) is 13.5. The predicted octanol–water partition coefficient (Wildman–Crippen LogP) is 3.65. The summed E-state index contributed by atoms with van der Waals surface area (Å²) in [7, 11) is 0. The quantitative estimate of drug-likeness (QED) is 0.762. The number of nitriles is 1. The van der Waals surface area contributed by atoms with E-state index in [1.807, 2.05) is 31.2 Å². The molecule has 1 heterocycles. The molecule has 0 bridgehead atoms. The number of anilines is 3. The molecule has 0 fully saturated rings. The Kier molecular flexibility index (Phi) is 4.67. The third-order valence-corrected chi connectivity index (χ3v) is 3.50. The highest BCUT2D eigenvalue weighted by atomic mass is 16.1. The number of amides is 1. The first kappa shape index (κ1) is 16.1. The highest BCUT2D eigenvalue weighted by molar-refractivity contribution is 6.03. The number of carbonyl (C=O) groups is 1. The van der Waals surface area contributed by atoms with Gasteiger partial charge in [-0.15, -0.1) is 0 Å². The molecule has 0 spiro atoms. The van der Waals surface area contributed by atoms with Crippen LogP contribution in [0.25, 0.3) is 0 Å². The summed E-state index contributed by atoms with van der Waals surface area (Å²) in [4.78, 5) is 20.4. The van der Waals surface area contributed by atoms with Crippen LogP contribution in [-0.2, 0) is 0 Å². The normalized spacial score (nSPS) is 9.92. The van der Waals surface area contributed by atoms with E-state index < -0.39 is 0 Å². The van der Waals surface area contributed by atoms with Crippen molar-refractivity contribution < 1.29 is 4.79 Å². The SMILES string of the molecule is Cc1ccc(NC(=O)c2cc(Nc3ccc(C#N)cc3)ncn2)cc1. The third-order valence-electron chi connectivity index (χ3n) is 3.50. The summed E-state index contributed by atoms with van der Waals surface area (Å²) < 4.78 is 0. The van der Waals surface area contributed by atoms with Crippen LogP contribution in [0.4, 0.5) is 17.2 Å². The molecule has 25 heavy (non-hydrogen) atoms. The van der Waals surface area contributed by atoms with Gasteiger partial charge < -0.3 is 10.6 Å². The Morgan fingerprint density at radius 1 is 1.00 bits per heavy atom. The fourth-order valence-corrected chi connectivity index (χ4v) is 2.16. The number of nitrogens with one attached hydrogen (secondary N) is 2. The Bertz CT molecular complexity index is 927. The number of aryl methyl sites for hydroxylation is 1. The number of hydrogen-bond donors (Lipinski definition) is 2. The monoisotopic (exact) mass is 329 g/mol. The van der Waals surface area contributed by atoms with Gasteiger partial charge >= 0.3 is 0 Å². The Morgan fingerprint density at radius 3 is 2.36 bits per heavy atom. The molecule has 2 N–H and O–H groups in total. The van der Waals surface area contributed by atoms with Gasteiger partial charge in [-0.1, -0.05) is 17.7 Å². The molecule has 0 radical (unpaired) electrons. The second kappa shape index (κ2) is 7.23. The van der Waals surface area contributed by atoms with Crippen LogP contribution < -0.4 is 10.6 Å². The van der Waals surface area contributed by atoms with Crippen molar-refractivity contribution in [3.8, 4) is 6.07 Å². The highest BCUT2D eigenvalue weighted by Crippen LogP contribution is 2.16. The van der Waals surface area contributed by atoms with Gasteiger partial charge in [0, 0.05) is 17.4 Å². The maximum Gasteiger partial charge on any atom is 0.274 e. The molecule has 2 aromatic carbocycles. The molecule has 0 aliphatic heterocycles. The van der Waals surface area contributed by atoms with E-state index >= 15 is 0 Å². The van der Waals surface area contributed by atoms with Crippen molar-refractivity contribution in [3.63, 3.8) is 0 Å². The summed E-state index contributed by atoms with van der Waals surface area (Å²) in [5.41, 5.74) is 3.42. The lowest BCUT2D eigenvalue weighted by atomic mass is 10.2. The summed E-state index contributed by atoms with van der Waals surface area (Å²) in [6, 6.07) is 18.1. The molecule has 0 aliphatic rings. The molecule has 0 atom stereocenters. The van der Waals surface area contributed by atoms with Crippen molar-refractivity contribution in [1.82, 2.24) is 9.97 Å².